The number of hydrogen-bond donors (Lipinski definition) is 2. The van der Waals surface area contributed by atoms with Crippen molar-refractivity contribution in [2.75, 3.05) is 27.0 Å². The summed E-state index contributed by atoms with van der Waals surface area (Å²) in [5.41, 5.74) is 1.75. The van der Waals surface area contributed by atoms with Crippen LogP contribution in [0, 0.1) is 0 Å². The van der Waals surface area contributed by atoms with E-state index >= 15 is 0 Å². The fourth-order valence-electron chi connectivity index (χ4n) is 2.92. The van der Waals surface area contributed by atoms with Crippen LogP contribution in [0.1, 0.15) is 35.2 Å². The lowest BCUT2D eigenvalue weighted by molar-refractivity contribution is 0.0600. The van der Waals surface area contributed by atoms with Gasteiger partial charge in [0.25, 0.3) is 0 Å². The van der Waals surface area contributed by atoms with Gasteiger partial charge in [-0.3, -0.25) is 4.99 Å². The Labute approximate surface area is 148 Å². The number of rotatable bonds is 6. The number of thioether (sulfide) groups is 1. The normalized spacial score (nSPS) is 20.7. The molecule has 5 nitrogen and oxygen atoms in total. The van der Waals surface area contributed by atoms with Gasteiger partial charge in [0.1, 0.15) is 0 Å². The molecule has 1 saturated carbocycles. The Morgan fingerprint density at radius 3 is 2.67 bits per heavy atom. The molecule has 2 rings (SSSR count). The van der Waals surface area contributed by atoms with Gasteiger partial charge >= 0.3 is 5.97 Å². The molecule has 0 radical (unpaired) electrons. The van der Waals surface area contributed by atoms with Gasteiger partial charge in [-0.15, -0.1) is 0 Å². The molecule has 2 atom stereocenters. The highest BCUT2D eigenvalue weighted by atomic mass is 32.2. The van der Waals surface area contributed by atoms with Gasteiger partial charge < -0.3 is 15.4 Å². The molecule has 0 spiro atoms. The first-order valence-electron chi connectivity index (χ1n) is 8.33. The highest BCUT2D eigenvalue weighted by molar-refractivity contribution is 7.99. The van der Waals surface area contributed by atoms with Gasteiger partial charge in [-0.2, -0.15) is 11.8 Å². The SMILES string of the molecule is CN=C(NCCc1ccc(C(=O)OC)cc1)NC1CCC(SC)C1. The number of hydrogen-bond acceptors (Lipinski definition) is 4. The number of methoxy groups -OCH3 is 1. The minimum absolute atomic E-state index is 0.301. The van der Waals surface area contributed by atoms with Gasteiger partial charge in [0.15, 0.2) is 5.96 Å². The summed E-state index contributed by atoms with van der Waals surface area (Å²) in [7, 11) is 3.20. The first-order valence-corrected chi connectivity index (χ1v) is 9.62. The van der Waals surface area contributed by atoms with E-state index in [2.05, 4.69) is 21.9 Å². The molecule has 2 unspecified atom stereocenters. The molecule has 0 saturated heterocycles. The van der Waals surface area contributed by atoms with Crippen molar-refractivity contribution in [3.63, 3.8) is 0 Å². The van der Waals surface area contributed by atoms with Crippen molar-refractivity contribution in [2.45, 2.75) is 37.0 Å². The number of carbonyl (C=O) groups excluding carboxylic acids is 1. The Morgan fingerprint density at radius 1 is 1.33 bits per heavy atom. The monoisotopic (exact) mass is 349 g/mol. The number of nitrogens with one attached hydrogen (secondary N) is 2. The van der Waals surface area contributed by atoms with Crippen LogP contribution < -0.4 is 10.6 Å². The summed E-state index contributed by atoms with van der Waals surface area (Å²) in [6.45, 7) is 0.802. The predicted octanol–water partition coefficient (Wildman–Crippen LogP) is 2.46. The van der Waals surface area contributed by atoms with Crippen molar-refractivity contribution in [2.24, 2.45) is 4.99 Å². The van der Waals surface area contributed by atoms with Crippen LogP contribution in [0.3, 0.4) is 0 Å². The van der Waals surface area contributed by atoms with Crippen LogP contribution in [0.25, 0.3) is 0 Å². The van der Waals surface area contributed by atoms with E-state index < -0.39 is 0 Å². The Kier molecular flexibility index (Phi) is 7.43. The van der Waals surface area contributed by atoms with Gasteiger partial charge in [0, 0.05) is 24.9 Å². The largest absolute Gasteiger partial charge is 0.465 e. The Balaban J connectivity index is 1.75. The lowest BCUT2D eigenvalue weighted by atomic mass is 10.1. The molecule has 0 bridgehead atoms. The topological polar surface area (TPSA) is 62.7 Å². The molecule has 1 fully saturated rings. The van der Waals surface area contributed by atoms with Gasteiger partial charge in [-0.1, -0.05) is 12.1 Å². The lowest BCUT2D eigenvalue weighted by Gasteiger charge is -2.17. The average molecular weight is 350 g/mol. The highest BCUT2D eigenvalue weighted by Crippen LogP contribution is 2.27. The number of carbonyl (C=O) groups is 1. The Morgan fingerprint density at radius 2 is 2.08 bits per heavy atom. The first-order chi connectivity index (χ1) is 11.7. The van der Waals surface area contributed by atoms with Crippen molar-refractivity contribution < 1.29 is 9.53 Å². The zero-order chi connectivity index (χ0) is 17.4. The zero-order valence-electron chi connectivity index (χ0n) is 14.7. The van der Waals surface area contributed by atoms with Crippen molar-refractivity contribution in [3.8, 4) is 0 Å². The van der Waals surface area contributed by atoms with Gasteiger partial charge in [-0.05, 0) is 49.6 Å². The van der Waals surface area contributed by atoms with E-state index in [1.165, 1.54) is 31.9 Å². The molecule has 1 aromatic rings. The smallest absolute Gasteiger partial charge is 0.337 e. The van der Waals surface area contributed by atoms with Crippen molar-refractivity contribution >= 4 is 23.7 Å². The summed E-state index contributed by atoms with van der Waals surface area (Å²) < 4.78 is 4.71. The molecule has 6 heteroatoms. The van der Waals surface area contributed by atoms with E-state index in [1.54, 1.807) is 12.1 Å². The molecule has 0 aromatic heterocycles. The number of ether oxygens (including phenoxy) is 1. The summed E-state index contributed by atoms with van der Waals surface area (Å²) in [6, 6.07) is 8.05. The van der Waals surface area contributed by atoms with E-state index in [0.717, 1.165) is 24.2 Å². The standard InChI is InChI=1S/C18H27N3O2S/c1-19-18(21-15-8-9-16(12-15)24-3)20-11-10-13-4-6-14(7-5-13)17(22)23-2/h4-7,15-16H,8-12H2,1-3H3,(H2,19,20,21). The minimum Gasteiger partial charge on any atom is -0.465 e. The van der Waals surface area contributed by atoms with Crippen molar-refractivity contribution in [1.29, 1.82) is 0 Å². The summed E-state index contributed by atoms with van der Waals surface area (Å²) in [5.74, 6) is 0.567. The maximum absolute atomic E-state index is 11.4. The molecular weight excluding hydrogens is 322 g/mol. The van der Waals surface area contributed by atoms with Gasteiger partial charge in [0.2, 0.25) is 0 Å². The number of esters is 1. The highest BCUT2D eigenvalue weighted by Gasteiger charge is 2.24. The first kappa shape index (κ1) is 18.6. The van der Waals surface area contributed by atoms with E-state index in [4.69, 9.17) is 4.74 Å². The molecule has 132 valence electrons. The van der Waals surface area contributed by atoms with Gasteiger partial charge in [-0.25, -0.2) is 4.79 Å². The van der Waals surface area contributed by atoms with E-state index in [-0.39, 0.29) is 5.97 Å². The van der Waals surface area contributed by atoms with Crippen LogP contribution in [-0.2, 0) is 11.2 Å². The summed E-state index contributed by atoms with van der Waals surface area (Å²) in [5, 5.41) is 7.65. The van der Waals surface area contributed by atoms with E-state index in [9.17, 15) is 4.79 Å². The maximum atomic E-state index is 11.4. The maximum Gasteiger partial charge on any atom is 0.337 e. The molecule has 2 N–H and O–H groups in total. The second kappa shape index (κ2) is 9.57. The number of benzene rings is 1. The average Bonchev–Trinajstić information content (AvgIpc) is 3.08. The van der Waals surface area contributed by atoms with E-state index in [0.29, 0.717) is 11.6 Å². The fourth-order valence-corrected chi connectivity index (χ4v) is 3.72. The Hall–Kier alpha value is -1.69. The minimum atomic E-state index is -0.301. The second-order valence-electron chi connectivity index (χ2n) is 5.95. The lowest BCUT2D eigenvalue weighted by Crippen LogP contribution is -2.43. The summed E-state index contributed by atoms with van der Waals surface area (Å²) in [4.78, 5) is 15.7. The third-order valence-electron chi connectivity index (χ3n) is 4.36. The quantitative estimate of drug-likeness (QED) is 0.469. The number of guanidine groups is 1. The summed E-state index contributed by atoms with van der Waals surface area (Å²) in [6.07, 6.45) is 6.76. The van der Waals surface area contributed by atoms with Crippen LogP contribution in [0.4, 0.5) is 0 Å². The van der Waals surface area contributed by atoms with E-state index in [1.807, 2.05) is 30.9 Å². The van der Waals surface area contributed by atoms with Crippen molar-refractivity contribution in [3.05, 3.63) is 35.4 Å². The molecule has 1 aliphatic rings. The number of aliphatic imine (C=N–C) groups is 1. The van der Waals surface area contributed by atoms with Crippen molar-refractivity contribution in [1.82, 2.24) is 10.6 Å². The van der Waals surface area contributed by atoms with Crippen LogP contribution >= 0.6 is 11.8 Å². The second-order valence-corrected chi connectivity index (χ2v) is 7.09. The molecule has 0 amide bonds. The number of nitrogens with zero attached hydrogens (tertiary/aromatic N) is 1. The Bertz CT molecular complexity index is 560. The third kappa shape index (κ3) is 5.44. The van der Waals surface area contributed by atoms with Crippen LogP contribution in [0.5, 0.6) is 0 Å². The van der Waals surface area contributed by atoms with Gasteiger partial charge in [0.05, 0.1) is 12.7 Å². The fraction of sp³-hybridized carbons (Fsp3) is 0.556. The molecule has 0 aliphatic heterocycles. The molecule has 1 aliphatic carbocycles. The summed E-state index contributed by atoms with van der Waals surface area (Å²) >= 11 is 1.96. The van der Waals surface area contributed by atoms with Crippen LogP contribution in [0.15, 0.2) is 29.3 Å². The third-order valence-corrected chi connectivity index (χ3v) is 5.46. The van der Waals surface area contributed by atoms with Crippen LogP contribution in [-0.4, -0.2) is 50.2 Å². The molecular formula is C18H27N3O2S. The molecule has 0 heterocycles. The molecule has 24 heavy (non-hydrogen) atoms. The van der Waals surface area contributed by atoms with Crippen LogP contribution in [0.2, 0.25) is 0 Å². The zero-order valence-corrected chi connectivity index (χ0v) is 15.5. The predicted molar refractivity (Wildman–Crippen MR) is 101 cm³/mol. The molecule has 1 aromatic carbocycles.